The highest BCUT2D eigenvalue weighted by atomic mass is 19.1. The van der Waals surface area contributed by atoms with Crippen LogP contribution < -0.4 is 16.4 Å². The van der Waals surface area contributed by atoms with E-state index in [0.717, 1.165) is 18.4 Å². The van der Waals surface area contributed by atoms with Gasteiger partial charge < -0.3 is 21.3 Å². The van der Waals surface area contributed by atoms with E-state index in [1.807, 2.05) is 12.1 Å². The number of nitrogens with zero attached hydrogens (tertiary/aromatic N) is 3. The van der Waals surface area contributed by atoms with E-state index in [1.54, 1.807) is 48.2 Å². The smallest absolute Gasteiger partial charge is 0.255 e. The molecule has 2 atom stereocenters. The lowest BCUT2D eigenvalue weighted by atomic mass is 10.0. The number of carbonyl (C=O) groups excluding carboxylic acids is 2. The number of nitriles is 1. The molecule has 0 spiro atoms. The van der Waals surface area contributed by atoms with Crippen LogP contribution in [0.3, 0.4) is 0 Å². The van der Waals surface area contributed by atoms with Crippen LogP contribution in [0.15, 0.2) is 60.7 Å². The maximum atomic E-state index is 13.6. The molecular weight excluding hydrogens is 483 g/mol. The van der Waals surface area contributed by atoms with Crippen LogP contribution in [-0.2, 0) is 11.2 Å². The van der Waals surface area contributed by atoms with Crippen LogP contribution in [0.2, 0.25) is 0 Å². The van der Waals surface area contributed by atoms with E-state index in [9.17, 15) is 19.2 Å². The number of hydrogen-bond acceptors (Lipinski definition) is 6. The first-order valence-electron chi connectivity index (χ1n) is 12.7. The molecule has 196 valence electrons. The van der Waals surface area contributed by atoms with Crippen molar-refractivity contribution in [3.05, 3.63) is 83.2 Å². The number of halogens is 1. The highest BCUT2D eigenvalue weighted by molar-refractivity contribution is 5.99. The van der Waals surface area contributed by atoms with Gasteiger partial charge in [-0.15, -0.1) is 0 Å². The number of aromatic nitrogens is 1. The number of anilines is 1. The fourth-order valence-electron chi connectivity index (χ4n) is 4.65. The van der Waals surface area contributed by atoms with Crippen molar-refractivity contribution in [2.24, 2.45) is 5.73 Å². The summed E-state index contributed by atoms with van der Waals surface area (Å²) in [4.78, 5) is 32.1. The second-order valence-electron chi connectivity index (χ2n) is 9.38. The second kappa shape index (κ2) is 12.3. The quantitative estimate of drug-likeness (QED) is 0.402. The number of likely N-dealkylation sites (tertiary alicyclic amines) is 1. The van der Waals surface area contributed by atoms with Gasteiger partial charge in [-0.3, -0.25) is 9.59 Å². The van der Waals surface area contributed by atoms with E-state index >= 15 is 0 Å². The van der Waals surface area contributed by atoms with Gasteiger partial charge in [0.2, 0.25) is 5.91 Å². The third kappa shape index (κ3) is 6.33. The van der Waals surface area contributed by atoms with Crippen LogP contribution in [0.5, 0.6) is 0 Å². The van der Waals surface area contributed by atoms with Crippen LogP contribution >= 0.6 is 0 Å². The maximum Gasteiger partial charge on any atom is 0.255 e. The molecule has 0 bridgehead atoms. The first kappa shape index (κ1) is 26.8. The van der Waals surface area contributed by atoms with Crippen molar-refractivity contribution >= 4 is 17.6 Å². The average molecular weight is 515 g/mol. The molecule has 8 nitrogen and oxygen atoms in total. The van der Waals surface area contributed by atoms with Crippen molar-refractivity contribution in [2.45, 2.75) is 38.3 Å². The summed E-state index contributed by atoms with van der Waals surface area (Å²) in [6.45, 7) is 3.01. The van der Waals surface area contributed by atoms with Gasteiger partial charge in [0.15, 0.2) is 0 Å². The highest BCUT2D eigenvalue weighted by Crippen LogP contribution is 2.25. The molecule has 3 aromatic rings. The van der Waals surface area contributed by atoms with Gasteiger partial charge in [0.05, 0.1) is 28.9 Å². The van der Waals surface area contributed by atoms with E-state index in [-0.39, 0.29) is 23.7 Å². The Balaban J connectivity index is 1.54. The topological polar surface area (TPSA) is 124 Å². The number of rotatable bonds is 9. The maximum absolute atomic E-state index is 13.6. The zero-order valence-corrected chi connectivity index (χ0v) is 21.3. The predicted molar refractivity (Wildman–Crippen MR) is 144 cm³/mol. The van der Waals surface area contributed by atoms with E-state index < -0.39 is 6.04 Å². The van der Waals surface area contributed by atoms with Crippen LogP contribution in [0.4, 0.5) is 10.2 Å². The Labute approximate surface area is 221 Å². The Morgan fingerprint density at radius 3 is 2.79 bits per heavy atom. The zero-order valence-electron chi connectivity index (χ0n) is 21.3. The summed E-state index contributed by atoms with van der Waals surface area (Å²) < 4.78 is 13.6. The Kier molecular flexibility index (Phi) is 8.66. The summed E-state index contributed by atoms with van der Waals surface area (Å²) in [6, 6.07) is 18.3. The fourth-order valence-corrected chi connectivity index (χ4v) is 4.65. The molecule has 2 amide bonds. The van der Waals surface area contributed by atoms with Crippen molar-refractivity contribution in [1.29, 1.82) is 5.26 Å². The molecule has 1 saturated heterocycles. The lowest BCUT2D eigenvalue weighted by Crippen LogP contribution is -2.48. The van der Waals surface area contributed by atoms with Gasteiger partial charge in [0.25, 0.3) is 5.91 Å². The minimum Gasteiger partial charge on any atom is -0.369 e. The first-order valence-corrected chi connectivity index (χ1v) is 12.7. The summed E-state index contributed by atoms with van der Waals surface area (Å²) in [5.74, 6) is -0.395. The monoisotopic (exact) mass is 514 g/mol. The molecule has 1 aliphatic heterocycles. The molecule has 9 heteroatoms. The second-order valence-corrected chi connectivity index (χ2v) is 9.38. The normalized spacial score (nSPS) is 15.5. The van der Waals surface area contributed by atoms with Crippen LogP contribution in [0, 0.1) is 17.1 Å². The number of nitrogens with one attached hydrogen (secondary N) is 2. The summed E-state index contributed by atoms with van der Waals surface area (Å²) in [5.41, 5.74) is 8.63. The summed E-state index contributed by atoms with van der Waals surface area (Å²) in [5, 5.41) is 15.7. The van der Waals surface area contributed by atoms with Gasteiger partial charge in [-0.2, -0.15) is 5.26 Å². The number of hydrogen-bond donors (Lipinski definition) is 3. The number of pyridine rings is 1. The zero-order chi connectivity index (χ0) is 27.1. The highest BCUT2D eigenvalue weighted by Gasteiger charge is 2.30. The van der Waals surface area contributed by atoms with Gasteiger partial charge >= 0.3 is 0 Å². The Morgan fingerprint density at radius 2 is 2.03 bits per heavy atom. The van der Waals surface area contributed by atoms with Gasteiger partial charge in [-0.05, 0) is 62.1 Å². The SMILES string of the molecule is C[C@@H](N)C(=O)N1CCC[C@@H]1CNC(=O)c1ccc(-c2ccccc2C#N)nc1NCCc1cccc(F)c1. The fraction of sp³-hybridized carbons (Fsp3) is 0.310. The largest absolute Gasteiger partial charge is 0.369 e. The van der Waals surface area contributed by atoms with Crippen LogP contribution in [0.25, 0.3) is 11.3 Å². The van der Waals surface area contributed by atoms with Gasteiger partial charge in [0, 0.05) is 31.2 Å². The van der Waals surface area contributed by atoms with E-state index in [1.165, 1.54) is 12.1 Å². The molecule has 2 aromatic carbocycles. The minimum absolute atomic E-state index is 0.114. The number of amides is 2. The molecule has 0 aliphatic carbocycles. The van der Waals surface area contributed by atoms with Gasteiger partial charge in [0.1, 0.15) is 11.6 Å². The van der Waals surface area contributed by atoms with E-state index in [0.29, 0.717) is 54.3 Å². The summed E-state index contributed by atoms with van der Waals surface area (Å²) in [7, 11) is 0. The molecule has 0 radical (unpaired) electrons. The van der Waals surface area contributed by atoms with Crippen LogP contribution in [0.1, 0.15) is 41.3 Å². The number of carbonyl (C=O) groups is 2. The van der Waals surface area contributed by atoms with Gasteiger partial charge in [-0.1, -0.05) is 30.3 Å². The van der Waals surface area contributed by atoms with Crippen molar-refractivity contribution in [1.82, 2.24) is 15.2 Å². The predicted octanol–water partition coefficient (Wildman–Crippen LogP) is 3.48. The molecule has 0 saturated carbocycles. The van der Waals surface area contributed by atoms with Crippen molar-refractivity contribution in [3.8, 4) is 17.3 Å². The third-order valence-electron chi connectivity index (χ3n) is 6.61. The number of benzene rings is 2. The van der Waals surface area contributed by atoms with Gasteiger partial charge in [-0.25, -0.2) is 9.37 Å². The van der Waals surface area contributed by atoms with E-state index in [4.69, 9.17) is 5.73 Å². The lowest BCUT2D eigenvalue weighted by molar-refractivity contribution is -0.132. The number of nitrogens with two attached hydrogens (primary N) is 1. The van der Waals surface area contributed by atoms with E-state index in [2.05, 4.69) is 21.7 Å². The molecule has 0 unspecified atom stereocenters. The Hall–Kier alpha value is -4.29. The Bertz CT molecular complexity index is 1350. The standard InChI is InChI=1S/C29H31FN6O2/c1-19(32)29(38)36-15-5-9-23(36)18-34-28(37)25-11-12-26(24-10-3-2-7-21(24)17-31)35-27(25)33-14-13-20-6-4-8-22(30)16-20/h2-4,6-8,10-12,16,19,23H,5,9,13-15,18,32H2,1H3,(H,33,35)(H,34,37)/t19-,23-/m1/s1. The molecule has 1 aromatic heterocycles. The van der Waals surface area contributed by atoms with Crippen LogP contribution in [-0.4, -0.2) is 53.4 Å². The summed E-state index contributed by atoms with van der Waals surface area (Å²) in [6.07, 6.45) is 2.18. The average Bonchev–Trinajstić information content (AvgIpc) is 3.39. The molecule has 1 fully saturated rings. The minimum atomic E-state index is -0.590. The van der Waals surface area contributed by atoms with Crippen molar-refractivity contribution in [3.63, 3.8) is 0 Å². The Morgan fingerprint density at radius 1 is 1.21 bits per heavy atom. The molecule has 4 rings (SSSR count). The van der Waals surface area contributed by atoms with Crippen molar-refractivity contribution in [2.75, 3.05) is 25.0 Å². The molecule has 38 heavy (non-hydrogen) atoms. The molecule has 1 aliphatic rings. The summed E-state index contributed by atoms with van der Waals surface area (Å²) >= 11 is 0. The molecule has 4 N–H and O–H groups in total. The third-order valence-corrected chi connectivity index (χ3v) is 6.61. The molecular formula is C29H31FN6O2. The lowest BCUT2D eigenvalue weighted by Gasteiger charge is -2.26. The van der Waals surface area contributed by atoms with Crippen molar-refractivity contribution < 1.29 is 14.0 Å². The molecule has 2 heterocycles. The first-order chi connectivity index (χ1) is 18.4.